The average Bonchev–Trinajstić information content (AvgIpc) is 3.61. The zero-order chi connectivity index (χ0) is 32.6. The molecule has 2 aromatic heterocycles. The second-order valence-electron chi connectivity index (χ2n) is 11.2. The van der Waals surface area contributed by atoms with Crippen LogP contribution in [0.25, 0.3) is 10.9 Å². The first-order valence-electron chi connectivity index (χ1n) is 15.2. The number of benzene rings is 2. The van der Waals surface area contributed by atoms with E-state index >= 15 is 0 Å². The smallest absolute Gasteiger partial charge is 0.245 e. The number of carbonyl (C=O) groups excluding carboxylic acids is 3. The summed E-state index contributed by atoms with van der Waals surface area (Å²) in [7, 11) is 1.58. The number of hydrogen-bond acceptors (Lipinski definition) is 8. The molecular formula is C33H38ClN5O7. The van der Waals surface area contributed by atoms with Gasteiger partial charge in [0, 0.05) is 55.0 Å². The molecule has 0 unspecified atom stereocenters. The van der Waals surface area contributed by atoms with Crippen LogP contribution in [0.3, 0.4) is 0 Å². The highest BCUT2D eigenvalue weighted by molar-refractivity contribution is 6.29. The van der Waals surface area contributed by atoms with Gasteiger partial charge >= 0.3 is 0 Å². The molecule has 0 spiro atoms. The Labute approximate surface area is 271 Å². The Bertz CT molecular complexity index is 1680. The highest BCUT2D eigenvalue weighted by Crippen LogP contribution is 2.31. The first-order chi connectivity index (χ1) is 22.2. The number of methoxy groups -OCH3 is 1. The maximum absolute atomic E-state index is 13.2. The van der Waals surface area contributed by atoms with Crippen molar-refractivity contribution in [2.24, 2.45) is 0 Å². The third-order valence-corrected chi connectivity index (χ3v) is 8.08. The molecule has 4 N–H and O–H groups in total. The number of nitrogens with zero attached hydrogens (tertiary/aromatic N) is 2. The van der Waals surface area contributed by atoms with E-state index in [1.165, 1.54) is 17.9 Å². The van der Waals surface area contributed by atoms with E-state index in [2.05, 4.69) is 20.8 Å². The van der Waals surface area contributed by atoms with Crippen molar-refractivity contribution in [1.29, 1.82) is 0 Å². The van der Waals surface area contributed by atoms with Crippen molar-refractivity contribution in [2.45, 2.75) is 51.2 Å². The Morgan fingerprint density at radius 3 is 2.80 bits per heavy atom. The summed E-state index contributed by atoms with van der Waals surface area (Å²) in [5, 5.41) is 20.8. The van der Waals surface area contributed by atoms with Gasteiger partial charge in [-0.05, 0) is 49.1 Å². The summed E-state index contributed by atoms with van der Waals surface area (Å²) in [5.74, 6) is 0.192. The van der Waals surface area contributed by atoms with Gasteiger partial charge in [-0.15, -0.1) is 0 Å². The van der Waals surface area contributed by atoms with Gasteiger partial charge < -0.3 is 39.6 Å². The lowest BCUT2D eigenvalue weighted by molar-refractivity contribution is -0.137. The van der Waals surface area contributed by atoms with E-state index in [-0.39, 0.29) is 50.1 Å². The van der Waals surface area contributed by atoms with Gasteiger partial charge in [0.05, 0.1) is 26.4 Å². The van der Waals surface area contributed by atoms with E-state index in [4.69, 9.17) is 25.6 Å². The number of nitrogens with one attached hydrogen (secondary N) is 3. The maximum atomic E-state index is 13.2. The topological polar surface area (TPSA) is 159 Å². The van der Waals surface area contributed by atoms with Crippen molar-refractivity contribution in [1.82, 2.24) is 25.7 Å². The molecule has 0 aliphatic carbocycles. The number of aryl methyl sites for hydroxylation is 1. The average molecular weight is 652 g/mol. The van der Waals surface area contributed by atoms with E-state index in [0.29, 0.717) is 36.5 Å². The minimum absolute atomic E-state index is 0.0463. The molecule has 0 radical (unpaired) electrons. The Morgan fingerprint density at radius 1 is 1.22 bits per heavy atom. The zero-order valence-electron chi connectivity index (χ0n) is 25.8. The normalized spacial score (nSPS) is 17.5. The van der Waals surface area contributed by atoms with E-state index in [1.54, 1.807) is 7.11 Å². The van der Waals surface area contributed by atoms with Crippen molar-refractivity contribution in [3.05, 3.63) is 76.3 Å². The fourth-order valence-corrected chi connectivity index (χ4v) is 5.74. The van der Waals surface area contributed by atoms with E-state index in [1.807, 2.05) is 42.5 Å². The van der Waals surface area contributed by atoms with Crippen LogP contribution in [0.1, 0.15) is 42.3 Å². The fourth-order valence-electron chi connectivity index (χ4n) is 5.58. The first-order valence-corrected chi connectivity index (χ1v) is 15.6. The van der Waals surface area contributed by atoms with Gasteiger partial charge in [0.2, 0.25) is 17.7 Å². The minimum atomic E-state index is -1.21. The molecule has 2 atom stereocenters. The van der Waals surface area contributed by atoms with Crippen LogP contribution < -0.4 is 20.1 Å². The van der Waals surface area contributed by atoms with Crippen LogP contribution in [-0.4, -0.2) is 83.4 Å². The third kappa shape index (κ3) is 8.18. The number of aliphatic hydroxyl groups excluding tert-OH is 1. The summed E-state index contributed by atoms with van der Waals surface area (Å²) in [6.07, 6.45) is 0.634. The molecule has 3 heterocycles. The number of aromatic amines is 1. The van der Waals surface area contributed by atoms with E-state index < -0.39 is 24.0 Å². The predicted molar refractivity (Wildman–Crippen MR) is 171 cm³/mol. The molecule has 4 aromatic rings. The molecule has 0 fully saturated rings. The third-order valence-electron chi connectivity index (χ3n) is 7.90. The summed E-state index contributed by atoms with van der Waals surface area (Å²) in [6.45, 7) is 1.85. The van der Waals surface area contributed by atoms with Crippen molar-refractivity contribution in [3.8, 4) is 11.5 Å². The summed E-state index contributed by atoms with van der Waals surface area (Å²) in [5.41, 5.74) is 4.06. The molecule has 1 aliphatic heterocycles. The van der Waals surface area contributed by atoms with Crippen LogP contribution in [0, 0.1) is 0 Å². The van der Waals surface area contributed by atoms with Crippen LogP contribution in [-0.2, 0) is 33.6 Å². The lowest BCUT2D eigenvalue weighted by Gasteiger charge is -2.25. The number of aliphatic hydroxyl groups is 1. The van der Waals surface area contributed by atoms with Crippen molar-refractivity contribution < 1.29 is 33.5 Å². The Morgan fingerprint density at radius 2 is 2.04 bits per heavy atom. The zero-order valence-corrected chi connectivity index (χ0v) is 26.6. The molecular weight excluding hydrogens is 614 g/mol. The number of rotatable bonds is 5. The first kappa shape index (κ1) is 32.8. The predicted octanol–water partition coefficient (Wildman–Crippen LogP) is 3.18. The molecule has 244 valence electrons. The quantitative estimate of drug-likeness (QED) is 0.256. The number of hydrogen-bond donors (Lipinski definition) is 4. The van der Waals surface area contributed by atoms with Crippen LogP contribution in [0.2, 0.25) is 5.15 Å². The minimum Gasteiger partial charge on any atom is -0.493 e. The van der Waals surface area contributed by atoms with Gasteiger partial charge in [0.25, 0.3) is 0 Å². The van der Waals surface area contributed by atoms with E-state index in [9.17, 15) is 19.5 Å². The molecule has 0 saturated carbocycles. The lowest BCUT2D eigenvalue weighted by Crippen LogP contribution is -2.55. The van der Waals surface area contributed by atoms with Crippen LogP contribution >= 0.6 is 11.6 Å². The summed E-state index contributed by atoms with van der Waals surface area (Å²) in [4.78, 5) is 44.5. The Hall–Kier alpha value is -4.55. The van der Waals surface area contributed by atoms with Gasteiger partial charge in [-0.2, -0.15) is 0 Å². The Kier molecular flexibility index (Phi) is 10.8. The number of fused-ring (bicyclic) bond motifs is 5. The number of halogens is 1. The molecule has 13 heteroatoms. The summed E-state index contributed by atoms with van der Waals surface area (Å²) in [6, 6.07) is 14.1. The van der Waals surface area contributed by atoms with Crippen molar-refractivity contribution >= 4 is 40.2 Å². The number of para-hydroxylation sites is 1. The SMILES string of the molecule is COc1ccc2cc1OCCCN(C(=O)CCc1cc(Cl)no1)CC(=O)N[C@@H]([C@@H](C)O)C(=O)NCCc1c([nH]c3ccccc13)C2. The van der Waals surface area contributed by atoms with Gasteiger partial charge in [-0.3, -0.25) is 14.4 Å². The maximum Gasteiger partial charge on any atom is 0.245 e. The van der Waals surface area contributed by atoms with Crippen molar-refractivity contribution in [3.63, 3.8) is 0 Å². The molecule has 2 aromatic carbocycles. The largest absolute Gasteiger partial charge is 0.493 e. The van der Waals surface area contributed by atoms with Gasteiger partial charge in [-0.25, -0.2) is 0 Å². The fraction of sp³-hybridized carbons (Fsp3) is 0.394. The molecule has 5 rings (SSSR count). The monoisotopic (exact) mass is 651 g/mol. The molecule has 12 nitrogen and oxygen atoms in total. The van der Waals surface area contributed by atoms with Crippen LogP contribution in [0.4, 0.5) is 0 Å². The van der Waals surface area contributed by atoms with Gasteiger partial charge in [0.1, 0.15) is 11.8 Å². The second kappa shape index (κ2) is 15.2. The Balaban J connectivity index is 1.40. The van der Waals surface area contributed by atoms with Gasteiger partial charge in [0.15, 0.2) is 16.7 Å². The number of H-pyrrole nitrogens is 1. The highest BCUT2D eigenvalue weighted by Gasteiger charge is 2.27. The summed E-state index contributed by atoms with van der Waals surface area (Å²) >= 11 is 5.83. The van der Waals surface area contributed by atoms with E-state index in [0.717, 1.165) is 27.7 Å². The number of carbonyl (C=O) groups is 3. The molecule has 1 aliphatic rings. The van der Waals surface area contributed by atoms with Crippen LogP contribution in [0.5, 0.6) is 11.5 Å². The highest BCUT2D eigenvalue weighted by atomic mass is 35.5. The molecule has 0 saturated heterocycles. The standard InChI is InChI=1S/C33H38ClN5O7/c1-20(40)32-33(43)35-13-12-24-23-6-3-4-7-25(23)36-26(24)16-21-8-10-27(44-2)28(17-21)45-15-5-14-39(19-30(41)37-32)31(42)11-9-22-18-29(34)38-46-22/h3-4,6-8,10,17-18,20,32,36,40H,5,9,11-16,19H2,1-2H3,(H,35,43)(H,37,41)/t20-,32+/m1/s1. The number of amides is 3. The molecule has 46 heavy (non-hydrogen) atoms. The van der Waals surface area contributed by atoms with Crippen LogP contribution in [0.15, 0.2) is 53.1 Å². The lowest BCUT2D eigenvalue weighted by atomic mass is 10.0. The summed E-state index contributed by atoms with van der Waals surface area (Å²) < 4.78 is 16.8. The van der Waals surface area contributed by atoms with Crippen molar-refractivity contribution in [2.75, 3.05) is 33.4 Å². The number of aromatic nitrogens is 2. The molecule has 3 amide bonds. The number of ether oxygens (including phenoxy) is 2. The second-order valence-corrected chi connectivity index (χ2v) is 11.6. The van der Waals surface area contributed by atoms with Gasteiger partial charge in [-0.1, -0.05) is 41.0 Å². The molecule has 2 bridgehead atoms.